The minimum absolute atomic E-state index is 0.297. The number of rotatable bonds is 2. The monoisotopic (exact) mass is 173 g/mol. The van der Waals surface area contributed by atoms with Crippen LogP contribution in [0.1, 0.15) is 20.8 Å². The summed E-state index contributed by atoms with van der Waals surface area (Å²) in [6.07, 6.45) is -0.316. The van der Waals surface area contributed by atoms with E-state index in [1.54, 1.807) is 0 Å². The molecule has 1 aliphatic heterocycles. The molecule has 0 aromatic carbocycles. The van der Waals surface area contributed by atoms with Crippen molar-refractivity contribution in [3.05, 3.63) is 0 Å². The Morgan fingerprint density at radius 3 is 2.67 bits per heavy atom. The highest BCUT2D eigenvalue weighted by atomic mass is 16.5. The SMILES string of the molecule is CC(C)C(O)N1CCOC[C@@H]1C. The van der Waals surface area contributed by atoms with Gasteiger partial charge in [0, 0.05) is 12.6 Å². The maximum Gasteiger partial charge on any atom is 0.110 e. The maximum absolute atomic E-state index is 9.79. The van der Waals surface area contributed by atoms with E-state index in [1.165, 1.54) is 0 Å². The molecule has 1 aliphatic rings. The first-order chi connectivity index (χ1) is 5.63. The van der Waals surface area contributed by atoms with Crippen LogP contribution < -0.4 is 0 Å². The van der Waals surface area contributed by atoms with Crippen LogP contribution in [-0.2, 0) is 4.74 Å². The van der Waals surface area contributed by atoms with E-state index in [1.807, 2.05) is 13.8 Å². The summed E-state index contributed by atoms with van der Waals surface area (Å²) in [5, 5.41) is 9.79. The highest BCUT2D eigenvalue weighted by Gasteiger charge is 2.26. The number of ether oxygens (including phenoxy) is 1. The summed E-state index contributed by atoms with van der Waals surface area (Å²) in [5.41, 5.74) is 0. The fourth-order valence-corrected chi connectivity index (χ4v) is 1.52. The molecule has 72 valence electrons. The molecule has 0 saturated carbocycles. The fraction of sp³-hybridized carbons (Fsp3) is 1.00. The first kappa shape index (κ1) is 9.96. The molecule has 3 heteroatoms. The van der Waals surface area contributed by atoms with Gasteiger partial charge in [0.25, 0.3) is 0 Å². The van der Waals surface area contributed by atoms with E-state index in [2.05, 4.69) is 11.8 Å². The van der Waals surface area contributed by atoms with E-state index in [9.17, 15) is 5.11 Å². The molecule has 0 aromatic rings. The second-order valence-electron chi connectivity index (χ2n) is 3.82. The van der Waals surface area contributed by atoms with Crippen LogP contribution in [0.5, 0.6) is 0 Å². The van der Waals surface area contributed by atoms with E-state index in [4.69, 9.17) is 4.74 Å². The average molecular weight is 173 g/mol. The van der Waals surface area contributed by atoms with Crippen molar-refractivity contribution in [2.75, 3.05) is 19.8 Å². The van der Waals surface area contributed by atoms with Crippen molar-refractivity contribution < 1.29 is 9.84 Å². The van der Waals surface area contributed by atoms with Gasteiger partial charge >= 0.3 is 0 Å². The summed E-state index contributed by atoms with van der Waals surface area (Å²) < 4.78 is 5.29. The summed E-state index contributed by atoms with van der Waals surface area (Å²) in [7, 11) is 0. The van der Waals surface area contributed by atoms with Crippen LogP contribution in [0.15, 0.2) is 0 Å². The number of nitrogens with zero attached hydrogens (tertiary/aromatic N) is 1. The number of morpholine rings is 1. The summed E-state index contributed by atoms with van der Waals surface area (Å²) in [6, 6.07) is 0.344. The van der Waals surface area contributed by atoms with Crippen LogP contribution in [0.4, 0.5) is 0 Å². The van der Waals surface area contributed by atoms with Gasteiger partial charge in [0.05, 0.1) is 13.2 Å². The molecule has 0 bridgehead atoms. The van der Waals surface area contributed by atoms with Crippen LogP contribution in [0.3, 0.4) is 0 Å². The van der Waals surface area contributed by atoms with Gasteiger partial charge in [0.15, 0.2) is 0 Å². The van der Waals surface area contributed by atoms with E-state index in [-0.39, 0.29) is 6.23 Å². The molecular formula is C9H19NO2. The second-order valence-corrected chi connectivity index (χ2v) is 3.82. The first-order valence-electron chi connectivity index (χ1n) is 4.64. The van der Waals surface area contributed by atoms with Gasteiger partial charge in [-0.05, 0) is 12.8 Å². The molecule has 3 nitrogen and oxygen atoms in total. The zero-order valence-corrected chi connectivity index (χ0v) is 8.16. The Labute approximate surface area is 74.3 Å². The Hall–Kier alpha value is -0.120. The van der Waals surface area contributed by atoms with Crippen molar-refractivity contribution in [1.29, 1.82) is 0 Å². The Balaban J connectivity index is 2.47. The van der Waals surface area contributed by atoms with Gasteiger partial charge < -0.3 is 9.84 Å². The minimum atomic E-state index is -0.316. The van der Waals surface area contributed by atoms with E-state index in [0.29, 0.717) is 12.0 Å². The Kier molecular flexibility index (Phi) is 3.50. The summed E-state index contributed by atoms with van der Waals surface area (Å²) >= 11 is 0. The standard InChI is InChI=1S/C9H19NO2/c1-7(2)9(11)10-4-5-12-6-8(10)3/h7-9,11H,4-6H2,1-3H3/t8-,9?/m0/s1. The molecule has 0 spiro atoms. The van der Waals surface area contributed by atoms with Crippen molar-refractivity contribution in [2.24, 2.45) is 5.92 Å². The predicted octanol–water partition coefficient (Wildman–Crippen LogP) is 0.681. The molecule has 0 aliphatic carbocycles. The van der Waals surface area contributed by atoms with E-state index in [0.717, 1.165) is 19.8 Å². The molecule has 1 heterocycles. The molecule has 12 heavy (non-hydrogen) atoms. The molecule has 2 atom stereocenters. The molecule has 1 unspecified atom stereocenters. The van der Waals surface area contributed by atoms with Crippen LogP contribution in [0, 0.1) is 5.92 Å². The van der Waals surface area contributed by atoms with Gasteiger partial charge in [0.1, 0.15) is 6.23 Å². The van der Waals surface area contributed by atoms with Crippen molar-refractivity contribution in [3.8, 4) is 0 Å². The Morgan fingerprint density at radius 2 is 2.17 bits per heavy atom. The van der Waals surface area contributed by atoms with Crippen LogP contribution in [0.25, 0.3) is 0 Å². The van der Waals surface area contributed by atoms with Gasteiger partial charge in [-0.1, -0.05) is 13.8 Å². The smallest absolute Gasteiger partial charge is 0.110 e. The minimum Gasteiger partial charge on any atom is -0.379 e. The van der Waals surface area contributed by atoms with Gasteiger partial charge in [-0.25, -0.2) is 0 Å². The van der Waals surface area contributed by atoms with Crippen molar-refractivity contribution in [1.82, 2.24) is 4.90 Å². The predicted molar refractivity (Wildman–Crippen MR) is 47.8 cm³/mol. The zero-order valence-electron chi connectivity index (χ0n) is 8.16. The van der Waals surface area contributed by atoms with Gasteiger partial charge in [-0.2, -0.15) is 0 Å². The molecule has 0 aromatic heterocycles. The molecule has 1 rings (SSSR count). The Bertz CT molecular complexity index is 138. The van der Waals surface area contributed by atoms with Crippen molar-refractivity contribution >= 4 is 0 Å². The van der Waals surface area contributed by atoms with Crippen molar-refractivity contribution in [3.63, 3.8) is 0 Å². The molecule has 0 amide bonds. The third kappa shape index (κ3) is 2.19. The highest BCUT2D eigenvalue weighted by Crippen LogP contribution is 2.14. The highest BCUT2D eigenvalue weighted by molar-refractivity contribution is 4.74. The average Bonchev–Trinajstić information content (AvgIpc) is 2.04. The molecular weight excluding hydrogens is 154 g/mol. The number of aliphatic hydroxyl groups excluding tert-OH is 1. The lowest BCUT2D eigenvalue weighted by atomic mass is 10.1. The summed E-state index contributed by atoms with van der Waals surface area (Å²) in [6.45, 7) is 8.49. The topological polar surface area (TPSA) is 32.7 Å². The number of hydrogen-bond donors (Lipinski definition) is 1. The Morgan fingerprint density at radius 1 is 1.50 bits per heavy atom. The van der Waals surface area contributed by atoms with E-state index < -0.39 is 0 Å². The molecule has 1 saturated heterocycles. The van der Waals surface area contributed by atoms with Gasteiger partial charge in [-0.3, -0.25) is 4.90 Å². The third-order valence-electron chi connectivity index (χ3n) is 2.36. The maximum atomic E-state index is 9.79. The normalized spacial score (nSPS) is 29.2. The largest absolute Gasteiger partial charge is 0.379 e. The second kappa shape index (κ2) is 4.21. The molecule has 1 N–H and O–H groups in total. The number of hydrogen-bond acceptors (Lipinski definition) is 3. The van der Waals surface area contributed by atoms with Crippen molar-refractivity contribution in [2.45, 2.75) is 33.0 Å². The zero-order chi connectivity index (χ0) is 9.14. The quantitative estimate of drug-likeness (QED) is 0.666. The fourth-order valence-electron chi connectivity index (χ4n) is 1.52. The number of aliphatic hydroxyl groups is 1. The van der Waals surface area contributed by atoms with Crippen LogP contribution in [0.2, 0.25) is 0 Å². The van der Waals surface area contributed by atoms with Crippen LogP contribution in [-0.4, -0.2) is 42.0 Å². The first-order valence-corrected chi connectivity index (χ1v) is 4.64. The lowest BCUT2D eigenvalue weighted by Gasteiger charge is -2.38. The molecule has 1 fully saturated rings. The van der Waals surface area contributed by atoms with Crippen LogP contribution >= 0.6 is 0 Å². The lowest BCUT2D eigenvalue weighted by molar-refractivity contribution is -0.106. The van der Waals surface area contributed by atoms with E-state index >= 15 is 0 Å². The van der Waals surface area contributed by atoms with Gasteiger partial charge in [-0.15, -0.1) is 0 Å². The summed E-state index contributed by atoms with van der Waals surface area (Å²) in [4.78, 5) is 2.11. The third-order valence-corrected chi connectivity index (χ3v) is 2.36. The van der Waals surface area contributed by atoms with Gasteiger partial charge in [0.2, 0.25) is 0 Å². The summed E-state index contributed by atoms with van der Waals surface area (Å²) in [5.74, 6) is 0.297. The molecule has 0 radical (unpaired) electrons. The lowest BCUT2D eigenvalue weighted by Crippen LogP contribution is -2.51.